The number of nitrogens with one attached hydrogen (secondary N) is 3. The fourth-order valence-corrected chi connectivity index (χ4v) is 2.89. The molecule has 1 atom stereocenters. The lowest BCUT2D eigenvalue weighted by molar-refractivity contribution is -0.117. The van der Waals surface area contributed by atoms with Crippen LogP contribution in [0.4, 0.5) is 11.4 Å². The molecule has 1 fully saturated rings. The van der Waals surface area contributed by atoms with E-state index in [1.54, 1.807) is 30.3 Å². The number of hydrogen-bond donors (Lipinski definition) is 3. The van der Waals surface area contributed by atoms with E-state index < -0.39 is 0 Å². The Kier molecular flexibility index (Phi) is 6.22. The van der Waals surface area contributed by atoms with Gasteiger partial charge in [0.15, 0.2) is 0 Å². The Morgan fingerprint density at radius 3 is 2.65 bits per heavy atom. The van der Waals surface area contributed by atoms with Gasteiger partial charge in [0.1, 0.15) is 0 Å². The molecule has 0 bridgehead atoms. The third-order valence-corrected chi connectivity index (χ3v) is 4.29. The Balaban J connectivity index is 1.64. The Hall–Kier alpha value is -2.41. The molecule has 0 aromatic heterocycles. The summed E-state index contributed by atoms with van der Waals surface area (Å²) in [6.45, 7) is 1.91. The topological polar surface area (TPSA) is 79.5 Å². The van der Waals surface area contributed by atoms with Gasteiger partial charge in [-0.25, -0.2) is 0 Å². The van der Waals surface area contributed by atoms with Crippen LogP contribution in [0.5, 0.6) is 0 Å². The van der Waals surface area contributed by atoms with Crippen molar-refractivity contribution < 1.29 is 14.3 Å². The van der Waals surface area contributed by atoms with Gasteiger partial charge in [-0.1, -0.05) is 29.8 Å². The van der Waals surface area contributed by atoms with Crippen LogP contribution in [0.25, 0.3) is 0 Å². The van der Waals surface area contributed by atoms with E-state index in [1.165, 1.54) is 0 Å². The van der Waals surface area contributed by atoms with E-state index in [4.69, 9.17) is 16.3 Å². The van der Waals surface area contributed by atoms with Gasteiger partial charge in [-0.15, -0.1) is 0 Å². The molecule has 1 aliphatic heterocycles. The van der Waals surface area contributed by atoms with Gasteiger partial charge >= 0.3 is 0 Å². The SMILES string of the molecule is O=C(CC1COCCN1)Nc1ccc(Cl)c(C(=O)Nc2ccccc2)c1. The minimum absolute atomic E-state index is 0.00287. The van der Waals surface area contributed by atoms with E-state index >= 15 is 0 Å². The molecular formula is C19H20ClN3O3. The molecule has 2 aromatic carbocycles. The Bertz CT molecular complexity index is 777. The van der Waals surface area contributed by atoms with Crippen molar-refractivity contribution in [2.75, 3.05) is 30.4 Å². The number of morpholine rings is 1. The number of para-hydroxylation sites is 1. The number of hydrogen-bond acceptors (Lipinski definition) is 4. The van der Waals surface area contributed by atoms with Gasteiger partial charge in [0, 0.05) is 30.4 Å². The molecule has 6 nitrogen and oxygen atoms in total. The van der Waals surface area contributed by atoms with Crippen LogP contribution in [0.2, 0.25) is 5.02 Å². The van der Waals surface area contributed by atoms with Crippen LogP contribution in [-0.4, -0.2) is 37.6 Å². The van der Waals surface area contributed by atoms with E-state index in [0.717, 1.165) is 6.54 Å². The maximum atomic E-state index is 12.5. The van der Waals surface area contributed by atoms with Crippen molar-refractivity contribution in [3.63, 3.8) is 0 Å². The highest BCUT2D eigenvalue weighted by Gasteiger charge is 2.18. The quantitative estimate of drug-likeness (QED) is 0.753. The average molecular weight is 374 g/mol. The zero-order valence-electron chi connectivity index (χ0n) is 14.1. The first kappa shape index (κ1) is 18.4. The number of halogens is 1. The fraction of sp³-hybridized carbons (Fsp3) is 0.263. The molecule has 3 N–H and O–H groups in total. The summed E-state index contributed by atoms with van der Waals surface area (Å²) in [4.78, 5) is 24.7. The lowest BCUT2D eigenvalue weighted by Gasteiger charge is -2.23. The van der Waals surface area contributed by atoms with Crippen LogP contribution < -0.4 is 16.0 Å². The molecule has 3 rings (SSSR count). The van der Waals surface area contributed by atoms with Crippen LogP contribution in [0.1, 0.15) is 16.8 Å². The second-order valence-corrected chi connectivity index (χ2v) is 6.40. The molecule has 2 amide bonds. The molecule has 1 aliphatic rings. The maximum absolute atomic E-state index is 12.5. The minimum atomic E-state index is -0.334. The third-order valence-electron chi connectivity index (χ3n) is 3.96. The van der Waals surface area contributed by atoms with E-state index in [0.29, 0.717) is 41.6 Å². The number of ether oxygens (including phenoxy) is 1. The Morgan fingerprint density at radius 2 is 1.92 bits per heavy atom. The lowest BCUT2D eigenvalue weighted by atomic mass is 10.1. The maximum Gasteiger partial charge on any atom is 0.257 e. The van der Waals surface area contributed by atoms with Crippen LogP contribution in [-0.2, 0) is 9.53 Å². The van der Waals surface area contributed by atoms with Crippen molar-refractivity contribution in [1.29, 1.82) is 0 Å². The first-order chi connectivity index (χ1) is 12.6. The normalized spacial score (nSPS) is 16.7. The summed E-state index contributed by atoms with van der Waals surface area (Å²) in [6, 6.07) is 13.9. The summed E-state index contributed by atoms with van der Waals surface area (Å²) in [7, 11) is 0. The Morgan fingerprint density at radius 1 is 1.12 bits per heavy atom. The van der Waals surface area contributed by atoms with Crippen molar-refractivity contribution in [2.24, 2.45) is 0 Å². The molecule has 26 heavy (non-hydrogen) atoms. The Labute approximate surface area is 156 Å². The minimum Gasteiger partial charge on any atom is -0.378 e. The lowest BCUT2D eigenvalue weighted by Crippen LogP contribution is -2.43. The fourth-order valence-electron chi connectivity index (χ4n) is 2.68. The molecule has 2 aromatic rings. The highest BCUT2D eigenvalue weighted by molar-refractivity contribution is 6.34. The third kappa shape index (κ3) is 5.05. The molecule has 0 spiro atoms. The molecule has 136 valence electrons. The van der Waals surface area contributed by atoms with Gasteiger partial charge in [0.05, 0.1) is 23.8 Å². The van der Waals surface area contributed by atoms with Crippen LogP contribution in [0.3, 0.4) is 0 Å². The van der Waals surface area contributed by atoms with Crippen molar-refractivity contribution in [2.45, 2.75) is 12.5 Å². The second kappa shape index (κ2) is 8.80. The zero-order chi connectivity index (χ0) is 18.4. The number of anilines is 2. The molecule has 0 aliphatic carbocycles. The largest absolute Gasteiger partial charge is 0.378 e. The van der Waals surface area contributed by atoms with Crippen LogP contribution in [0.15, 0.2) is 48.5 Å². The second-order valence-electron chi connectivity index (χ2n) is 5.99. The summed E-state index contributed by atoms with van der Waals surface area (Å²) in [5, 5.41) is 9.13. The van der Waals surface area contributed by atoms with Gasteiger partial charge in [-0.05, 0) is 30.3 Å². The van der Waals surface area contributed by atoms with Gasteiger partial charge in [-0.3, -0.25) is 9.59 Å². The number of benzene rings is 2. The van der Waals surface area contributed by atoms with Crippen molar-refractivity contribution >= 4 is 34.8 Å². The molecule has 1 heterocycles. The van der Waals surface area contributed by atoms with Crippen molar-refractivity contribution in [1.82, 2.24) is 5.32 Å². The number of carbonyl (C=O) groups is 2. The zero-order valence-corrected chi connectivity index (χ0v) is 14.9. The summed E-state index contributed by atoms with van der Waals surface area (Å²) < 4.78 is 5.34. The van der Waals surface area contributed by atoms with Crippen LogP contribution >= 0.6 is 11.6 Å². The van der Waals surface area contributed by atoms with E-state index in [1.807, 2.05) is 18.2 Å². The number of amides is 2. The summed E-state index contributed by atoms with van der Waals surface area (Å²) in [5.74, 6) is -0.482. The van der Waals surface area contributed by atoms with E-state index in [9.17, 15) is 9.59 Å². The van der Waals surface area contributed by atoms with Gasteiger partial charge in [-0.2, -0.15) is 0 Å². The summed E-state index contributed by atoms with van der Waals surface area (Å²) in [6.07, 6.45) is 0.300. The molecular weight excluding hydrogens is 354 g/mol. The standard InChI is InChI=1S/C19H20ClN3O3/c20-17-7-6-14(22-18(24)11-15-12-26-9-8-21-15)10-16(17)19(25)23-13-4-2-1-3-5-13/h1-7,10,15,21H,8-9,11-12H2,(H,22,24)(H,23,25). The van der Waals surface area contributed by atoms with Crippen molar-refractivity contribution in [3.05, 3.63) is 59.1 Å². The molecule has 1 saturated heterocycles. The number of rotatable bonds is 5. The predicted molar refractivity (Wildman–Crippen MR) is 102 cm³/mol. The highest BCUT2D eigenvalue weighted by atomic mass is 35.5. The molecule has 0 radical (unpaired) electrons. The monoisotopic (exact) mass is 373 g/mol. The van der Waals surface area contributed by atoms with Gasteiger partial charge in [0.2, 0.25) is 5.91 Å². The summed E-state index contributed by atoms with van der Waals surface area (Å²) >= 11 is 6.15. The first-order valence-electron chi connectivity index (χ1n) is 8.39. The van der Waals surface area contributed by atoms with Crippen LogP contribution in [0, 0.1) is 0 Å². The highest BCUT2D eigenvalue weighted by Crippen LogP contribution is 2.22. The average Bonchev–Trinajstić information content (AvgIpc) is 2.65. The van der Waals surface area contributed by atoms with Gasteiger partial charge < -0.3 is 20.7 Å². The molecule has 7 heteroatoms. The first-order valence-corrected chi connectivity index (χ1v) is 8.76. The molecule has 1 unspecified atom stereocenters. The number of carbonyl (C=O) groups excluding carboxylic acids is 2. The van der Waals surface area contributed by atoms with Crippen molar-refractivity contribution in [3.8, 4) is 0 Å². The van der Waals surface area contributed by atoms with E-state index in [-0.39, 0.29) is 17.9 Å². The van der Waals surface area contributed by atoms with E-state index in [2.05, 4.69) is 16.0 Å². The smallest absolute Gasteiger partial charge is 0.257 e. The predicted octanol–water partition coefficient (Wildman–Crippen LogP) is 2.91. The summed E-state index contributed by atoms with van der Waals surface area (Å²) in [5.41, 5.74) is 1.49. The molecule has 0 saturated carbocycles. The van der Waals surface area contributed by atoms with Gasteiger partial charge in [0.25, 0.3) is 5.91 Å².